The summed E-state index contributed by atoms with van der Waals surface area (Å²) in [4.78, 5) is 0. The first-order valence-electron chi connectivity index (χ1n) is 22.3. The Labute approximate surface area is 368 Å². The SMILES string of the molecule is CC1(C)c2ccccc2-c2ccc(-c3ccc4c(c3)c3cc(-c5ccccc5-c5ccc6c(c5)C(C)(C)c5c-6c6ccccc6c6ccccc56)ccc3n4-c3ccccc3)cc21. The molecule has 0 N–H and O–H groups in total. The highest BCUT2D eigenvalue weighted by molar-refractivity contribution is 6.18. The lowest BCUT2D eigenvalue weighted by atomic mass is 9.78. The average molecular weight is 804 g/mol. The molecular weight excluding hydrogens is 759 g/mol. The summed E-state index contributed by atoms with van der Waals surface area (Å²) in [6.07, 6.45) is 0. The summed E-state index contributed by atoms with van der Waals surface area (Å²) in [5.74, 6) is 0. The van der Waals surface area contributed by atoms with Crippen LogP contribution in [0.5, 0.6) is 0 Å². The fourth-order valence-electron chi connectivity index (χ4n) is 11.7. The topological polar surface area (TPSA) is 4.93 Å². The van der Waals surface area contributed by atoms with Crippen molar-refractivity contribution < 1.29 is 0 Å². The molecular formula is C62H45N. The van der Waals surface area contributed by atoms with E-state index in [0.717, 1.165) is 5.69 Å². The highest BCUT2D eigenvalue weighted by Gasteiger charge is 2.39. The minimum atomic E-state index is -0.173. The molecule has 63 heavy (non-hydrogen) atoms. The van der Waals surface area contributed by atoms with Crippen molar-refractivity contribution in [3.8, 4) is 61.3 Å². The van der Waals surface area contributed by atoms with Gasteiger partial charge >= 0.3 is 0 Å². The van der Waals surface area contributed by atoms with Crippen LogP contribution < -0.4 is 0 Å². The highest BCUT2D eigenvalue weighted by Crippen LogP contribution is 2.56. The Morgan fingerprint density at radius 2 is 0.762 bits per heavy atom. The molecule has 1 heteroatoms. The van der Waals surface area contributed by atoms with Crippen molar-refractivity contribution in [1.29, 1.82) is 0 Å². The summed E-state index contributed by atoms with van der Waals surface area (Å²) in [5, 5.41) is 7.85. The van der Waals surface area contributed by atoms with E-state index in [-0.39, 0.29) is 10.8 Å². The number of aromatic nitrogens is 1. The number of benzene rings is 10. The van der Waals surface area contributed by atoms with Crippen LogP contribution in [0.2, 0.25) is 0 Å². The van der Waals surface area contributed by atoms with Crippen LogP contribution in [0.1, 0.15) is 49.9 Å². The molecule has 0 fully saturated rings. The maximum atomic E-state index is 2.49. The summed E-state index contributed by atoms with van der Waals surface area (Å²) >= 11 is 0. The second-order valence-electron chi connectivity index (χ2n) is 18.8. The third-order valence-corrected chi connectivity index (χ3v) is 14.8. The maximum absolute atomic E-state index is 2.49. The lowest BCUT2D eigenvalue weighted by molar-refractivity contribution is 0.660. The summed E-state index contributed by atoms with van der Waals surface area (Å²) < 4.78 is 2.43. The number of hydrogen-bond donors (Lipinski definition) is 0. The molecule has 2 aliphatic rings. The van der Waals surface area contributed by atoms with Crippen LogP contribution in [0.3, 0.4) is 0 Å². The van der Waals surface area contributed by atoms with E-state index in [4.69, 9.17) is 0 Å². The molecule has 1 heterocycles. The van der Waals surface area contributed by atoms with Crippen LogP contribution in [0.15, 0.2) is 200 Å². The second kappa shape index (κ2) is 13.0. The van der Waals surface area contributed by atoms with Gasteiger partial charge in [-0.3, -0.25) is 0 Å². The summed E-state index contributed by atoms with van der Waals surface area (Å²) in [6, 6.07) is 75.1. The predicted molar refractivity (Wildman–Crippen MR) is 267 cm³/mol. The number of hydrogen-bond acceptors (Lipinski definition) is 0. The molecule has 1 nitrogen and oxygen atoms in total. The maximum Gasteiger partial charge on any atom is 0.0541 e. The van der Waals surface area contributed by atoms with Crippen molar-refractivity contribution in [1.82, 2.24) is 4.57 Å². The van der Waals surface area contributed by atoms with E-state index in [1.54, 1.807) is 0 Å². The molecule has 0 saturated carbocycles. The summed E-state index contributed by atoms with van der Waals surface area (Å²) in [5.41, 5.74) is 21.8. The smallest absolute Gasteiger partial charge is 0.0541 e. The molecule has 0 saturated heterocycles. The molecule has 1 aromatic heterocycles. The second-order valence-corrected chi connectivity index (χ2v) is 18.8. The molecule has 0 radical (unpaired) electrons. The Balaban J connectivity index is 0.971. The van der Waals surface area contributed by atoms with E-state index in [9.17, 15) is 0 Å². The minimum Gasteiger partial charge on any atom is -0.309 e. The van der Waals surface area contributed by atoms with Crippen LogP contribution in [0.25, 0.3) is 105 Å². The van der Waals surface area contributed by atoms with E-state index in [1.807, 2.05) is 0 Å². The lowest BCUT2D eigenvalue weighted by Crippen LogP contribution is -2.15. The van der Waals surface area contributed by atoms with Crippen molar-refractivity contribution in [2.24, 2.45) is 0 Å². The van der Waals surface area contributed by atoms with Crippen LogP contribution in [0.4, 0.5) is 0 Å². The van der Waals surface area contributed by atoms with Gasteiger partial charge in [-0.15, -0.1) is 0 Å². The zero-order valence-corrected chi connectivity index (χ0v) is 36.0. The van der Waals surface area contributed by atoms with Gasteiger partial charge < -0.3 is 4.57 Å². The van der Waals surface area contributed by atoms with Gasteiger partial charge in [-0.2, -0.15) is 0 Å². The molecule has 0 spiro atoms. The largest absolute Gasteiger partial charge is 0.309 e. The first-order chi connectivity index (χ1) is 30.8. The van der Waals surface area contributed by atoms with E-state index in [1.165, 1.54) is 121 Å². The van der Waals surface area contributed by atoms with E-state index < -0.39 is 0 Å². The average Bonchev–Trinajstić information content (AvgIpc) is 3.87. The molecule has 0 aliphatic heterocycles. The zero-order valence-electron chi connectivity index (χ0n) is 36.0. The van der Waals surface area contributed by atoms with Gasteiger partial charge in [-0.05, 0) is 148 Å². The van der Waals surface area contributed by atoms with Crippen LogP contribution in [-0.2, 0) is 10.8 Å². The Morgan fingerprint density at radius 3 is 1.49 bits per heavy atom. The normalized spacial score (nSPS) is 14.3. The fourth-order valence-corrected chi connectivity index (χ4v) is 11.7. The lowest BCUT2D eigenvalue weighted by Gasteiger charge is -2.24. The van der Waals surface area contributed by atoms with Gasteiger partial charge in [0.25, 0.3) is 0 Å². The molecule has 0 bridgehead atoms. The Hall–Kier alpha value is -7.48. The van der Waals surface area contributed by atoms with Gasteiger partial charge in [0.1, 0.15) is 0 Å². The first kappa shape index (κ1) is 36.2. The molecule has 10 aromatic carbocycles. The molecule has 0 amide bonds. The Morgan fingerprint density at radius 1 is 0.302 bits per heavy atom. The van der Waals surface area contributed by atoms with E-state index >= 15 is 0 Å². The van der Waals surface area contributed by atoms with E-state index in [0.29, 0.717) is 0 Å². The van der Waals surface area contributed by atoms with Crippen molar-refractivity contribution in [2.75, 3.05) is 0 Å². The molecule has 13 rings (SSSR count). The number of rotatable bonds is 4. The molecule has 298 valence electrons. The molecule has 0 unspecified atom stereocenters. The van der Waals surface area contributed by atoms with Crippen molar-refractivity contribution >= 4 is 43.4 Å². The van der Waals surface area contributed by atoms with E-state index in [2.05, 4.69) is 232 Å². The van der Waals surface area contributed by atoms with Crippen LogP contribution >= 0.6 is 0 Å². The third-order valence-electron chi connectivity index (χ3n) is 14.8. The van der Waals surface area contributed by atoms with Crippen molar-refractivity contribution in [2.45, 2.75) is 38.5 Å². The van der Waals surface area contributed by atoms with Gasteiger partial charge in [-0.1, -0.05) is 179 Å². The quantitative estimate of drug-likeness (QED) is 0.156. The van der Waals surface area contributed by atoms with Gasteiger partial charge in [0.15, 0.2) is 0 Å². The zero-order chi connectivity index (χ0) is 42.2. The first-order valence-corrected chi connectivity index (χ1v) is 22.3. The molecule has 2 aliphatic carbocycles. The Kier molecular flexibility index (Phi) is 7.48. The van der Waals surface area contributed by atoms with Crippen molar-refractivity contribution in [3.63, 3.8) is 0 Å². The highest BCUT2D eigenvalue weighted by atomic mass is 15.0. The van der Waals surface area contributed by atoms with Crippen LogP contribution in [-0.4, -0.2) is 4.57 Å². The Bertz CT molecular complexity index is 3730. The standard InChI is InChI=1S/C62H45N/c1-61(2)54-25-15-14-22-47(54)48-30-26-39(36-55(48)61)38-28-32-57-52(34-38)53-35-40(29-33-58(53)63(57)42-16-6-5-7-17-42)43-18-8-9-19-44(43)41-27-31-51-56(37-41)62(3,4)60-50-24-13-11-21-46(50)45-20-10-12-23-49(45)59(51)60/h5-37H,1-4H3. The number of nitrogens with zero attached hydrogens (tertiary/aromatic N) is 1. The predicted octanol–water partition coefficient (Wildman–Crippen LogP) is 16.7. The van der Waals surface area contributed by atoms with Gasteiger partial charge in [0.05, 0.1) is 11.0 Å². The summed E-state index contributed by atoms with van der Waals surface area (Å²) in [6.45, 7) is 9.57. The summed E-state index contributed by atoms with van der Waals surface area (Å²) in [7, 11) is 0. The number of para-hydroxylation sites is 1. The fraction of sp³-hybridized carbons (Fsp3) is 0.0968. The minimum absolute atomic E-state index is 0.0566. The number of fused-ring (bicyclic) bond motifs is 14. The van der Waals surface area contributed by atoms with Gasteiger partial charge in [0.2, 0.25) is 0 Å². The molecule has 11 aromatic rings. The van der Waals surface area contributed by atoms with Gasteiger partial charge in [-0.25, -0.2) is 0 Å². The van der Waals surface area contributed by atoms with Gasteiger partial charge in [0, 0.05) is 27.3 Å². The monoisotopic (exact) mass is 803 g/mol. The molecule has 0 atom stereocenters. The third kappa shape index (κ3) is 5.05. The van der Waals surface area contributed by atoms with Crippen LogP contribution in [0, 0.1) is 0 Å². The van der Waals surface area contributed by atoms with Crippen molar-refractivity contribution in [3.05, 3.63) is 222 Å².